The van der Waals surface area contributed by atoms with Crippen LogP contribution in [0.15, 0.2) is 11.6 Å². The molecule has 0 aromatic heterocycles. The van der Waals surface area contributed by atoms with E-state index in [4.69, 9.17) is 9.47 Å². The topological polar surface area (TPSA) is 52.6 Å². The Labute approximate surface area is 181 Å². The summed E-state index contributed by atoms with van der Waals surface area (Å²) in [6.07, 6.45) is 13.3. The van der Waals surface area contributed by atoms with Gasteiger partial charge in [-0.05, 0) is 86.9 Å². The van der Waals surface area contributed by atoms with Gasteiger partial charge in [0.25, 0.3) is 0 Å². The third-order valence-corrected chi connectivity index (χ3v) is 10.3. The van der Waals surface area contributed by atoms with Crippen LogP contribution in [0.25, 0.3) is 0 Å². The lowest BCUT2D eigenvalue weighted by molar-refractivity contribution is -0.159. The van der Waals surface area contributed by atoms with E-state index in [1.54, 1.807) is 5.57 Å². The Hall–Kier alpha value is -1.32. The highest BCUT2D eigenvalue weighted by molar-refractivity contribution is 5.72. The molecule has 4 aliphatic carbocycles. The Morgan fingerprint density at radius 3 is 2.57 bits per heavy atom. The summed E-state index contributed by atoms with van der Waals surface area (Å²) < 4.78 is 11.5. The predicted molar refractivity (Wildman–Crippen MR) is 114 cm³/mol. The first-order chi connectivity index (χ1) is 14.2. The monoisotopic (exact) mass is 414 g/mol. The molecule has 0 spiro atoms. The second-order valence-corrected chi connectivity index (χ2v) is 11.7. The molecule has 1 saturated heterocycles. The molecule has 0 unspecified atom stereocenters. The summed E-state index contributed by atoms with van der Waals surface area (Å²) in [4.78, 5) is 23.4. The van der Waals surface area contributed by atoms with Gasteiger partial charge in [-0.1, -0.05) is 25.5 Å². The first-order valence-electron chi connectivity index (χ1n) is 12.2. The van der Waals surface area contributed by atoms with Crippen LogP contribution < -0.4 is 0 Å². The maximum atomic E-state index is 11.9. The Morgan fingerprint density at radius 1 is 1.07 bits per heavy atom. The van der Waals surface area contributed by atoms with Gasteiger partial charge >= 0.3 is 11.9 Å². The molecule has 0 bridgehead atoms. The number of rotatable bonds is 2. The zero-order valence-corrected chi connectivity index (χ0v) is 19.2. The van der Waals surface area contributed by atoms with Crippen molar-refractivity contribution in [2.75, 3.05) is 0 Å². The van der Waals surface area contributed by atoms with Gasteiger partial charge in [0.1, 0.15) is 11.7 Å². The summed E-state index contributed by atoms with van der Waals surface area (Å²) in [7, 11) is 0. The highest BCUT2D eigenvalue weighted by atomic mass is 16.6. The molecule has 0 aromatic carbocycles. The van der Waals surface area contributed by atoms with E-state index in [-0.39, 0.29) is 34.5 Å². The average molecular weight is 415 g/mol. The molecule has 3 saturated carbocycles. The van der Waals surface area contributed by atoms with Crippen LogP contribution in [0.4, 0.5) is 0 Å². The molecular formula is C26H38O4. The standard InChI is InChI=1S/C26H38O4/c1-16(27)29-18-9-12-24(2)17(15-18)5-6-19-20-7-8-22(25(20,3)13-10-21(19)24)26(4)14-11-23(28)30-26/h5,18-22H,6-15H2,1-4H3/t18-,19-,20-,21-,22-,24+,25+,26-/m1/s1. The Bertz CT molecular complexity index is 786. The molecule has 0 radical (unpaired) electrons. The van der Waals surface area contributed by atoms with Gasteiger partial charge in [0, 0.05) is 25.7 Å². The zero-order valence-electron chi connectivity index (χ0n) is 19.2. The molecule has 1 heterocycles. The minimum Gasteiger partial charge on any atom is -0.462 e. The maximum Gasteiger partial charge on any atom is 0.306 e. The Balaban J connectivity index is 1.39. The van der Waals surface area contributed by atoms with Crippen molar-refractivity contribution in [3.63, 3.8) is 0 Å². The van der Waals surface area contributed by atoms with Crippen LogP contribution in [0.3, 0.4) is 0 Å². The minimum atomic E-state index is -0.255. The molecule has 5 rings (SSSR count). The SMILES string of the molecule is CC(=O)O[C@@H]1CC[C@@]2(C)C(=CC[C@@H]3[C@H]4CC[C@@H]([C@@]5(C)CCC(=O)O5)[C@@]4(C)CC[C@H]32)C1. The summed E-state index contributed by atoms with van der Waals surface area (Å²) in [5.41, 5.74) is 1.85. The molecule has 8 atom stereocenters. The predicted octanol–water partition coefficient (Wildman–Crippen LogP) is 5.59. The van der Waals surface area contributed by atoms with E-state index in [9.17, 15) is 9.59 Å². The van der Waals surface area contributed by atoms with Gasteiger partial charge < -0.3 is 9.47 Å². The number of carbonyl (C=O) groups excluding carboxylic acids is 2. The Morgan fingerprint density at radius 2 is 1.87 bits per heavy atom. The lowest BCUT2D eigenvalue weighted by Crippen LogP contribution is -2.53. The van der Waals surface area contributed by atoms with Crippen LogP contribution in [-0.2, 0) is 19.1 Å². The fraction of sp³-hybridized carbons (Fsp3) is 0.846. The van der Waals surface area contributed by atoms with E-state index in [0.29, 0.717) is 12.3 Å². The molecule has 0 N–H and O–H groups in total. The molecule has 1 aliphatic heterocycles. The van der Waals surface area contributed by atoms with Crippen molar-refractivity contribution in [3.05, 3.63) is 11.6 Å². The molecule has 166 valence electrons. The van der Waals surface area contributed by atoms with Crippen LogP contribution in [0.2, 0.25) is 0 Å². The lowest BCUT2D eigenvalue weighted by Gasteiger charge is -2.59. The third-order valence-electron chi connectivity index (χ3n) is 10.3. The number of allylic oxidation sites excluding steroid dienone is 1. The van der Waals surface area contributed by atoms with Crippen molar-refractivity contribution in [2.45, 2.75) is 104 Å². The quantitative estimate of drug-likeness (QED) is 0.436. The maximum absolute atomic E-state index is 11.9. The van der Waals surface area contributed by atoms with Gasteiger partial charge in [0.2, 0.25) is 0 Å². The summed E-state index contributed by atoms with van der Waals surface area (Å²) in [6, 6.07) is 0. The molecule has 0 amide bonds. The average Bonchev–Trinajstić information content (AvgIpc) is 3.21. The lowest BCUT2D eigenvalue weighted by atomic mass is 9.46. The second kappa shape index (κ2) is 6.84. The van der Waals surface area contributed by atoms with E-state index in [1.165, 1.54) is 39.0 Å². The van der Waals surface area contributed by atoms with Crippen LogP contribution in [0.1, 0.15) is 91.9 Å². The highest BCUT2D eigenvalue weighted by Gasteiger charge is 2.63. The number of hydrogen-bond donors (Lipinski definition) is 0. The zero-order chi connectivity index (χ0) is 21.3. The van der Waals surface area contributed by atoms with Crippen LogP contribution in [0.5, 0.6) is 0 Å². The van der Waals surface area contributed by atoms with Gasteiger partial charge in [-0.25, -0.2) is 0 Å². The largest absolute Gasteiger partial charge is 0.462 e. The normalized spacial score (nSPS) is 50.1. The van der Waals surface area contributed by atoms with Gasteiger partial charge in [-0.3, -0.25) is 9.59 Å². The van der Waals surface area contributed by atoms with Crippen LogP contribution in [0, 0.1) is 34.5 Å². The van der Waals surface area contributed by atoms with Gasteiger partial charge in [-0.15, -0.1) is 0 Å². The van der Waals surface area contributed by atoms with Gasteiger partial charge in [0.15, 0.2) is 0 Å². The number of cyclic esters (lactones) is 1. The van der Waals surface area contributed by atoms with Gasteiger partial charge in [0.05, 0.1) is 0 Å². The number of hydrogen-bond acceptors (Lipinski definition) is 4. The van der Waals surface area contributed by atoms with E-state index in [0.717, 1.165) is 43.4 Å². The third kappa shape index (κ3) is 2.92. The molecule has 4 heteroatoms. The Kier molecular flexibility index (Phi) is 4.69. The van der Waals surface area contributed by atoms with Crippen molar-refractivity contribution < 1.29 is 19.1 Å². The molecular weight excluding hydrogens is 376 g/mol. The van der Waals surface area contributed by atoms with E-state index < -0.39 is 0 Å². The molecule has 0 aromatic rings. The summed E-state index contributed by atoms with van der Waals surface area (Å²) in [6.45, 7) is 8.75. The smallest absolute Gasteiger partial charge is 0.306 e. The van der Waals surface area contributed by atoms with E-state index >= 15 is 0 Å². The fourth-order valence-electron chi connectivity index (χ4n) is 8.92. The van der Waals surface area contributed by atoms with Crippen molar-refractivity contribution in [1.29, 1.82) is 0 Å². The first kappa shape index (κ1) is 20.6. The molecule has 5 aliphatic rings. The number of ether oxygens (including phenoxy) is 2. The van der Waals surface area contributed by atoms with Crippen molar-refractivity contribution in [2.24, 2.45) is 34.5 Å². The number of fused-ring (bicyclic) bond motifs is 5. The number of esters is 2. The van der Waals surface area contributed by atoms with Crippen molar-refractivity contribution in [1.82, 2.24) is 0 Å². The van der Waals surface area contributed by atoms with Crippen LogP contribution >= 0.6 is 0 Å². The fourth-order valence-corrected chi connectivity index (χ4v) is 8.92. The van der Waals surface area contributed by atoms with E-state index in [2.05, 4.69) is 26.8 Å². The minimum absolute atomic E-state index is 0.000489. The van der Waals surface area contributed by atoms with Gasteiger partial charge in [-0.2, -0.15) is 0 Å². The summed E-state index contributed by atoms with van der Waals surface area (Å²) in [5.74, 6) is 2.57. The van der Waals surface area contributed by atoms with Crippen molar-refractivity contribution >= 4 is 11.9 Å². The highest BCUT2D eigenvalue weighted by Crippen LogP contribution is 2.68. The molecule has 4 fully saturated rings. The van der Waals surface area contributed by atoms with Crippen molar-refractivity contribution in [3.8, 4) is 0 Å². The number of carbonyl (C=O) groups is 2. The summed E-state index contributed by atoms with van der Waals surface area (Å²) in [5, 5.41) is 0. The second-order valence-electron chi connectivity index (χ2n) is 11.7. The van der Waals surface area contributed by atoms with Crippen LogP contribution in [-0.4, -0.2) is 23.6 Å². The summed E-state index contributed by atoms with van der Waals surface area (Å²) >= 11 is 0. The first-order valence-corrected chi connectivity index (χ1v) is 12.2. The molecule has 30 heavy (non-hydrogen) atoms. The molecule has 4 nitrogen and oxygen atoms in total. The van der Waals surface area contributed by atoms with E-state index in [1.807, 2.05) is 0 Å².